The molecule has 1 aromatic carbocycles. The smallest absolute Gasteiger partial charge is 0.243 e. The first-order chi connectivity index (χ1) is 9.86. The molecule has 1 saturated heterocycles. The molecule has 1 aromatic rings. The van der Waals surface area contributed by atoms with E-state index in [-0.39, 0.29) is 0 Å². The van der Waals surface area contributed by atoms with Crippen LogP contribution < -0.4 is 5.32 Å². The number of rotatable bonds is 4. The number of nitrogens with one attached hydrogen (secondary N) is 1. The van der Waals surface area contributed by atoms with E-state index >= 15 is 0 Å². The van der Waals surface area contributed by atoms with E-state index in [9.17, 15) is 8.42 Å². The van der Waals surface area contributed by atoms with Gasteiger partial charge in [-0.2, -0.15) is 4.31 Å². The highest BCUT2D eigenvalue weighted by Crippen LogP contribution is 2.29. The number of nitrogens with zero attached hydrogens (tertiary/aromatic N) is 1. The zero-order valence-electron chi connectivity index (χ0n) is 12.8. The van der Waals surface area contributed by atoms with Crippen molar-refractivity contribution >= 4 is 26.0 Å². The molecular weight excluding hydrogens is 352 g/mol. The van der Waals surface area contributed by atoms with Gasteiger partial charge in [0.25, 0.3) is 0 Å². The molecule has 0 saturated carbocycles. The highest BCUT2D eigenvalue weighted by molar-refractivity contribution is 9.10. The van der Waals surface area contributed by atoms with Gasteiger partial charge in [-0.15, -0.1) is 0 Å². The van der Waals surface area contributed by atoms with E-state index in [0.29, 0.717) is 23.9 Å². The first-order valence-electron chi connectivity index (χ1n) is 7.27. The highest BCUT2D eigenvalue weighted by Gasteiger charge is 2.31. The summed E-state index contributed by atoms with van der Waals surface area (Å²) < 4.78 is 28.4. The predicted octanol–water partition coefficient (Wildman–Crippen LogP) is 2.69. The monoisotopic (exact) mass is 374 g/mol. The molecule has 1 aliphatic rings. The Hall–Kier alpha value is -0.430. The molecule has 0 radical (unpaired) electrons. The van der Waals surface area contributed by atoms with Gasteiger partial charge in [-0.05, 0) is 69.5 Å². The largest absolute Gasteiger partial charge is 0.319 e. The molecule has 21 heavy (non-hydrogen) atoms. The van der Waals surface area contributed by atoms with Crippen LogP contribution in [-0.2, 0) is 10.0 Å². The SMILES string of the molecule is CNCC1CCCN(S(=O)(=O)c2cc(C)c(Br)cc2C)C1. The lowest BCUT2D eigenvalue weighted by atomic mass is 10.00. The van der Waals surface area contributed by atoms with Crippen molar-refractivity contribution < 1.29 is 8.42 Å². The molecule has 0 aromatic heterocycles. The Bertz CT molecular complexity index is 614. The maximum Gasteiger partial charge on any atom is 0.243 e. The van der Waals surface area contributed by atoms with Crippen molar-refractivity contribution in [1.29, 1.82) is 0 Å². The van der Waals surface area contributed by atoms with Crippen molar-refractivity contribution in [3.63, 3.8) is 0 Å². The van der Waals surface area contributed by atoms with Gasteiger partial charge >= 0.3 is 0 Å². The number of sulfonamides is 1. The average Bonchev–Trinajstić information content (AvgIpc) is 2.43. The molecule has 4 nitrogen and oxygen atoms in total. The van der Waals surface area contributed by atoms with Crippen molar-refractivity contribution in [2.75, 3.05) is 26.7 Å². The fourth-order valence-electron chi connectivity index (χ4n) is 2.87. The molecule has 1 N–H and O–H groups in total. The first-order valence-corrected chi connectivity index (χ1v) is 9.51. The fraction of sp³-hybridized carbons (Fsp3) is 0.600. The molecule has 1 aliphatic heterocycles. The van der Waals surface area contributed by atoms with Gasteiger partial charge in [0.05, 0.1) is 4.90 Å². The summed E-state index contributed by atoms with van der Waals surface area (Å²) in [6.07, 6.45) is 2.02. The quantitative estimate of drug-likeness (QED) is 0.881. The summed E-state index contributed by atoms with van der Waals surface area (Å²) in [5.74, 6) is 0.398. The molecule has 0 bridgehead atoms. The number of benzene rings is 1. The van der Waals surface area contributed by atoms with Gasteiger partial charge in [-0.25, -0.2) is 8.42 Å². The maximum absolute atomic E-state index is 12.9. The lowest BCUT2D eigenvalue weighted by Gasteiger charge is -2.32. The van der Waals surface area contributed by atoms with Gasteiger partial charge in [0.2, 0.25) is 10.0 Å². The summed E-state index contributed by atoms with van der Waals surface area (Å²) >= 11 is 3.46. The molecule has 0 aliphatic carbocycles. The molecule has 1 atom stereocenters. The Morgan fingerprint density at radius 2 is 2.05 bits per heavy atom. The fourth-order valence-corrected chi connectivity index (χ4v) is 5.18. The summed E-state index contributed by atoms with van der Waals surface area (Å²) in [5.41, 5.74) is 1.74. The minimum Gasteiger partial charge on any atom is -0.319 e. The summed E-state index contributed by atoms with van der Waals surface area (Å²) in [4.78, 5) is 0.438. The van der Waals surface area contributed by atoms with Gasteiger partial charge < -0.3 is 5.32 Å². The van der Waals surface area contributed by atoms with Gasteiger partial charge in [0.1, 0.15) is 0 Å². The van der Waals surface area contributed by atoms with E-state index in [1.165, 1.54) is 0 Å². The van der Waals surface area contributed by atoms with Crippen molar-refractivity contribution in [3.8, 4) is 0 Å². The third-order valence-corrected chi connectivity index (χ3v) is 6.91. The molecule has 0 amide bonds. The Kier molecular flexibility index (Phi) is 5.46. The minimum atomic E-state index is -3.40. The van der Waals surface area contributed by atoms with E-state index < -0.39 is 10.0 Å². The van der Waals surface area contributed by atoms with Crippen molar-refractivity contribution in [2.24, 2.45) is 5.92 Å². The van der Waals surface area contributed by atoms with E-state index in [2.05, 4.69) is 21.2 Å². The van der Waals surface area contributed by atoms with Crippen LogP contribution in [0.1, 0.15) is 24.0 Å². The van der Waals surface area contributed by atoms with Gasteiger partial charge in [0, 0.05) is 17.6 Å². The van der Waals surface area contributed by atoms with Crippen LogP contribution in [0.4, 0.5) is 0 Å². The average molecular weight is 375 g/mol. The maximum atomic E-state index is 12.9. The standard InChI is InChI=1S/C15H23BrN2O2S/c1-11-8-15(12(2)7-14(11)16)21(19,20)18-6-4-5-13(10-18)9-17-3/h7-8,13,17H,4-6,9-10H2,1-3H3. The lowest BCUT2D eigenvalue weighted by Crippen LogP contribution is -2.42. The molecule has 1 heterocycles. The van der Waals surface area contributed by atoms with Crippen LogP contribution in [-0.4, -0.2) is 39.4 Å². The van der Waals surface area contributed by atoms with E-state index in [1.54, 1.807) is 10.4 Å². The second-order valence-corrected chi connectivity index (χ2v) is 8.56. The van der Waals surface area contributed by atoms with E-state index in [0.717, 1.165) is 35.0 Å². The third-order valence-electron chi connectivity index (χ3n) is 4.05. The number of aryl methyl sites for hydroxylation is 2. The lowest BCUT2D eigenvalue weighted by molar-refractivity contribution is 0.263. The van der Waals surface area contributed by atoms with Gasteiger partial charge in [0.15, 0.2) is 0 Å². The van der Waals surface area contributed by atoms with Crippen molar-refractivity contribution in [1.82, 2.24) is 9.62 Å². The van der Waals surface area contributed by atoms with Gasteiger partial charge in [-0.1, -0.05) is 15.9 Å². The summed E-state index contributed by atoms with van der Waals surface area (Å²) in [6, 6.07) is 3.66. The molecule has 0 spiro atoms. The van der Waals surface area contributed by atoms with Crippen LogP contribution in [0.15, 0.2) is 21.5 Å². The number of hydrogen-bond acceptors (Lipinski definition) is 3. The first kappa shape index (κ1) is 16.9. The van der Waals surface area contributed by atoms with Crippen LogP contribution in [0, 0.1) is 19.8 Å². The predicted molar refractivity (Wildman–Crippen MR) is 89.0 cm³/mol. The Morgan fingerprint density at radius 3 is 2.71 bits per heavy atom. The third kappa shape index (κ3) is 3.67. The van der Waals surface area contributed by atoms with Crippen LogP contribution in [0.25, 0.3) is 0 Å². The molecule has 1 unspecified atom stereocenters. The molecule has 1 fully saturated rings. The van der Waals surface area contributed by atoms with Crippen LogP contribution >= 0.6 is 15.9 Å². The highest BCUT2D eigenvalue weighted by atomic mass is 79.9. The molecular formula is C15H23BrN2O2S. The Morgan fingerprint density at radius 1 is 1.33 bits per heavy atom. The summed E-state index contributed by atoms with van der Waals surface area (Å²) in [6.45, 7) is 5.87. The summed E-state index contributed by atoms with van der Waals surface area (Å²) in [5, 5.41) is 3.15. The van der Waals surface area contributed by atoms with Crippen LogP contribution in [0.5, 0.6) is 0 Å². The molecule has 6 heteroatoms. The second kappa shape index (κ2) is 6.77. The summed E-state index contributed by atoms with van der Waals surface area (Å²) in [7, 11) is -1.49. The van der Waals surface area contributed by atoms with E-state index in [4.69, 9.17) is 0 Å². The number of piperidine rings is 1. The van der Waals surface area contributed by atoms with Crippen LogP contribution in [0.2, 0.25) is 0 Å². The van der Waals surface area contributed by atoms with Crippen LogP contribution in [0.3, 0.4) is 0 Å². The Labute approximate surface area is 136 Å². The topological polar surface area (TPSA) is 49.4 Å². The number of halogens is 1. The Balaban J connectivity index is 2.31. The molecule has 2 rings (SSSR count). The normalized spacial score (nSPS) is 20.7. The minimum absolute atomic E-state index is 0.398. The zero-order valence-corrected chi connectivity index (χ0v) is 15.2. The van der Waals surface area contributed by atoms with Crippen molar-refractivity contribution in [2.45, 2.75) is 31.6 Å². The second-order valence-electron chi connectivity index (χ2n) is 5.80. The molecule has 118 valence electrons. The zero-order chi connectivity index (χ0) is 15.6. The van der Waals surface area contributed by atoms with Crippen molar-refractivity contribution in [3.05, 3.63) is 27.7 Å². The van der Waals surface area contributed by atoms with Gasteiger partial charge in [-0.3, -0.25) is 0 Å². The number of hydrogen-bond donors (Lipinski definition) is 1. The van der Waals surface area contributed by atoms with E-state index in [1.807, 2.05) is 27.0 Å².